The van der Waals surface area contributed by atoms with Gasteiger partial charge in [-0.15, -0.1) is 10.1 Å². The van der Waals surface area contributed by atoms with Crippen LogP contribution >= 0.6 is 0 Å². The highest BCUT2D eigenvalue weighted by atomic mass is 17.0. The van der Waals surface area contributed by atoms with Crippen LogP contribution in [-0.2, 0) is 15.3 Å². The van der Waals surface area contributed by atoms with Gasteiger partial charge in [0.2, 0.25) is 5.95 Å². The van der Waals surface area contributed by atoms with Crippen LogP contribution in [0.2, 0.25) is 0 Å². The first-order chi connectivity index (χ1) is 15.2. The minimum absolute atomic E-state index is 0.103. The first-order valence-corrected chi connectivity index (χ1v) is 8.92. The lowest BCUT2D eigenvalue weighted by atomic mass is 9.88. The summed E-state index contributed by atoms with van der Waals surface area (Å²) in [6.07, 6.45) is -3.14. The average molecular weight is 449 g/mol. The van der Waals surface area contributed by atoms with Gasteiger partial charge in [0.15, 0.2) is 17.3 Å². The van der Waals surface area contributed by atoms with Crippen LogP contribution in [0.4, 0.5) is 5.95 Å². The number of nitro groups is 1. The second-order valence-electron chi connectivity index (χ2n) is 6.80. The maximum atomic E-state index is 12.4. The molecular weight excluding hydrogens is 434 g/mol. The van der Waals surface area contributed by atoms with Crippen molar-refractivity contribution in [3.05, 3.63) is 72.8 Å². The molecule has 4 rings (SSSR count). The van der Waals surface area contributed by atoms with Crippen molar-refractivity contribution >= 4 is 17.1 Å². The molecule has 1 aliphatic rings. The molecule has 0 radical (unpaired) electrons. The van der Waals surface area contributed by atoms with E-state index in [4.69, 9.17) is 10.5 Å². The molecule has 168 valence electrons. The highest BCUT2D eigenvalue weighted by Gasteiger charge is 2.80. The van der Waals surface area contributed by atoms with Crippen LogP contribution in [0.1, 0.15) is 5.56 Å². The van der Waals surface area contributed by atoms with Gasteiger partial charge < -0.3 is 20.7 Å². The Hall–Kier alpha value is -4.15. The number of benzene rings is 1. The van der Waals surface area contributed by atoms with Gasteiger partial charge in [-0.2, -0.15) is 4.98 Å². The molecule has 1 fully saturated rings. The number of hydrogen-bond donors (Lipinski definition) is 4. The Morgan fingerprint density at radius 2 is 2.00 bits per heavy atom. The molecule has 4 atom stereocenters. The quantitative estimate of drug-likeness (QED) is 0.188. The van der Waals surface area contributed by atoms with Crippen LogP contribution in [0.15, 0.2) is 41.5 Å². The lowest BCUT2D eigenvalue weighted by molar-refractivity contribution is -0.864. The molecule has 0 spiro atoms. The molecular formula is C16H15N7O9. The van der Waals surface area contributed by atoms with Crippen molar-refractivity contribution in [2.24, 2.45) is 0 Å². The normalized spacial score (nSPS) is 27.4. The number of nitrogens with zero attached hydrogens (tertiary/aromatic N) is 5. The van der Waals surface area contributed by atoms with E-state index in [1.165, 1.54) is 24.3 Å². The Morgan fingerprint density at radius 3 is 2.59 bits per heavy atom. The van der Waals surface area contributed by atoms with Gasteiger partial charge in [-0.05, 0) is 0 Å². The molecule has 16 heteroatoms. The smallest absolute Gasteiger partial charge is 0.394 e. The number of nitrogen functional groups attached to an aromatic ring is 1. The summed E-state index contributed by atoms with van der Waals surface area (Å²) in [6, 6.07) is 7.08. The van der Waals surface area contributed by atoms with Gasteiger partial charge >= 0.3 is 10.8 Å². The molecule has 16 nitrogen and oxygen atoms in total. The number of rotatable bonds is 6. The van der Waals surface area contributed by atoms with Gasteiger partial charge in [0.25, 0.3) is 11.3 Å². The zero-order valence-electron chi connectivity index (χ0n) is 15.9. The molecule has 32 heavy (non-hydrogen) atoms. The van der Waals surface area contributed by atoms with Gasteiger partial charge in [0, 0.05) is 5.56 Å². The first kappa shape index (κ1) is 21.1. The lowest BCUT2D eigenvalue weighted by Gasteiger charge is -2.37. The molecule has 1 saturated heterocycles. The summed E-state index contributed by atoms with van der Waals surface area (Å²) in [5, 5.41) is 42.8. The molecule has 0 unspecified atom stereocenters. The molecule has 3 aromatic rings. The lowest BCUT2D eigenvalue weighted by Crippen LogP contribution is -2.65. The second kappa shape index (κ2) is 7.22. The Bertz CT molecular complexity index is 1260. The van der Waals surface area contributed by atoms with Gasteiger partial charge in [0.05, 0.1) is 11.5 Å². The summed E-state index contributed by atoms with van der Waals surface area (Å²) in [4.78, 5) is 49.4. The fourth-order valence-electron chi connectivity index (χ4n) is 3.92. The Labute approximate surface area is 176 Å². The number of aromatic amines is 1. The predicted octanol–water partition coefficient (Wildman–Crippen LogP) is -1.66. The third-order valence-electron chi connectivity index (χ3n) is 5.16. The van der Waals surface area contributed by atoms with Crippen LogP contribution in [0, 0.1) is 20.2 Å². The predicted molar refractivity (Wildman–Crippen MR) is 102 cm³/mol. The number of imidazole rings is 1. The molecule has 0 saturated carbocycles. The van der Waals surface area contributed by atoms with Crippen molar-refractivity contribution in [3.8, 4) is 0 Å². The Kier molecular flexibility index (Phi) is 4.76. The number of anilines is 1. The zero-order valence-corrected chi connectivity index (χ0v) is 15.9. The SMILES string of the molecule is Nc1nc2c(ncn2[C@]2(c3ccccc3)O[C@H](CO)[C@@H](O)[C@]2(O[N+](=O)[O-])[N+](=O)[O-])c(=O)[nH]1. The first-order valence-electron chi connectivity index (χ1n) is 8.92. The fourth-order valence-corrected chi connectivity index (χ4v) is 3.92. The van der Waals surface area contributed by atoms with Gasteiger partial charge in [-0.25, -0.2) is 9.82 Å². The molecule has 1 aromatic carbocycles. The third kappa shape index (κ3) is 2.63. The second-order valence-corrected chi connectivity index (χ2v) is 6.80. The number of ether oxygens (including phenoxy) is 1. The summed E-state index contributed by atoms with van der Waals surface area (Å²) in [7, 11) is 0. The summed E-state index contributed by atoms with van der Waals surface area (Å²) >= 11 is 0. The molecule has 2 aromatic heterocycles. The van der Waals surface area contributed by atoms with Crippen LogP contribution < -0.4 is 11.3 Å². The molecule has 0 amide bonds. The van der Waals surface area contributed by atoms with Crippen molar-refractivity contribution in [2.75, 3.05) is 12.3 Å². The van der Waals surface area contributed by atoms with E-state index in [2.05, 4.69) is 19.8 Å². The third-order valence-corrected chi connectivity index (χ3v) is 5.16. The van der Waals surface area contributed by atoms with Gasteiger partial charge in [-0.3, -0.25) is 24.5 Å². The minimum Gasteiger partial charge on any atom is -0.394 e. The number of H-pyrrole nitrogens is 1. The molecule has 0 bridgehead atoms. The summed E-state index contributed by atoms with van der Waals surface area (Å²) < 4.78 is 6.61. The number of aromatic nitrogens is 4. The molecule has 5 N–H and O–H groups in total. The zero-order chi connectivity index (χ0) is 23.3. The fraction of sp³-hybridized carbons (Fsp3) is 0.312. The summed E-state index contributed by atoms with van der Waals surface area (Å²) in [5.41, 5.74) is -1.96. The van der Waals surface area contributed by atoms with Gasteiger partial charge in [-0.1, -0.05) is 30.3 Å². The van der Waals surface area contributed by atoms with Crippen molar-refractivity contribution in [1.29, 1.82) is 0 Å². The van der Waals surface area contributed by atoms with E-state index in [0.717, 1.165) is 10.9 Å². The van der Waals surface area contributed by atoms with Gasteiger partial charge in [0.1, 0.15) is 12.4 Å². The highest BCUT2D eigenvalue weighted by Crippen LogP contribution is 2.51. The van der Waals surface area contributed by atoms with E-state index < -0.39 is 45.8 Å². The Morgan fingerprint density at radius 1 is 1.31 bits per heavy atom. The maximum Gasteiger partial charge on any atom is 0.442 e. The van der Waals surface area contributed by atoms with Crippen molar-refractivity contribution in [2.45, 2.75) is 23.7 Å². The number of aliphatic hydroxyl groups is 2. The van der Waals surface area contributed by atoms with E-state index in [1.54, 1.807) is 6.07 Å². The van der Waals surface area contributed by atoms with Crippen LogP contribution in [-0.4, -0.2) is 64.3 Å². The molecule has 0 aliphatic carbocycles. The summed E-state index contributed by atoms with van der Waals surface area (Å²) in [5.74, 6) is -0.383. The number of hydrogen-bond acceptors (Lipinski definition) is 12. The van der Waals surface area contributed by atoms with Crippen molar-refractivity contribution < 1.29 is 29.8 Å². The molecule has 3 heterocycles. The van der Waals surface area contributed by atoms with E-state index >= 15 is 0 Å². The van der Waals surface area contributed by atoms with Crippen molar-refractivity contribution in [3.63, 3.8) is 0 Å². The standard InChI is InChI=1S/C16H15N7O9/c17-14-19-12-10(13(26)20-14)18-7-21(12)15(8-4-2-1-3-5-8)16(22(27)28,32-23(29)30)11(25)9(6-24)31-15/h1-5,7,9,11,24-25H,6H2,(H3,17,19,20,26)/t9-,11-,15-,16-/m1/s1. The summed E-state index contributed by atoms with van der Waals surface area (Å²) in [6.45, 7) is -0.963. The van der Waals surface area contributed by atoms with E-state index in [0.29, 0.717) is 0 Å². The van der Waals surface area contributed by atoms with E-state index in [1.807, 2.05) is 0 Å². The maximum absolute atomic E-state index is 12.4. The van der Waals surface area contributed by atoms with Crippen LogP contribution in [0.25, 0.3) is 11.2 Å². The topological polar surface area (TPSA) is 235 Å². The largest absolute Gasteiger partial charge is 0.442 e. The minimum atomic E-state index is -3.35. The van der Waals surface area contributed by atoms with E-state index in [-0.39, 0.29) is 22.7 Å². The highest BCUT2D eigenvalue weighted by molar-refractivity contribution is 5.71. The average Bonchev–Trinajstić information content (AvgIpc) is 3.27. The van der Waals surface area contributed by atoms with Crippen molar-refractivity contribution in [1.82, 2.24) is 19.5 Å². The number of nitrogens with one attached hydrogen (secondary N) is 1. The Balaban J connectivity index is 2.20. The molecule has 1 aliphatic heterocycles. The van der Waals surface area contributed by atoms with E-state index in [9.17, 15) is 35.2 Å². The number of aliphatic hydroxyl groups excluding tert-OH is 2. The number of fused-ring (bicyclic) bond motifs is 1. The van der Waals surface area contributed by atoms with Crippen LogP contribution in [0.5, 0.6) is 0 Å². The van der Waals surface area contributed by atoms with Crippen LogP contribution in [0.3, 0.4) is 0 Å². The number of nitrogens with two attached hydrogens (primary N) is 1. The monoisotopic (exact) mass is 449 g/mol.